The number of aromatic amines is 1. The number of aromatic nitrogens is 3. The molecule has 3 N–H and O–H groups in total. The quantitative estimate of drug-likeness (QED) is 0.840. The molecule has 0 radical (unpaired) electrons. The van der Waals surface area contributed by atoms with Crippen LogP contribution in [0.4, 0.5) is 5.95 Å². The van der Waals surface area contributed by atoms with E-state index in [9.17, 15) is 0 Å². The van der Waals surface area contributed by atoms with Crippen LogP contribution in [0.1, 0.15) is 5.56 Å². The number of anilines is 1. The molecule has 2 heterocycles. The molecule has 0 saturated carbocycles. The van der Waals surface area contributed by atoms with Crippen molar-refractivity contribution in [1.82, 2.24) is 15.2 Å². The third-order valence-electron chi connectivity index (χ3n) is 2.38. The largest absolute Gasteiger partial charge is 0.454 e. The SMILES string of the molecule is Nc1nc(SCc2cc3c(cc2Br)OCO3)n[nH]1. The minimum Gasteiger partial charge on any atom is -0.454 e. The van der Waals surface area contributed by atoms with Crippen molar-refractivity contribution in [2.45, 2.75) is 10.9 Å². The van der Waals surface area contributed by atoms with Crippen molar-refractivity contribution in [3.63, 3.8) is 0 Å². The third kappa shape index (κ3) is 2.25. The van der Waals surface area contributed by atoms with Crippen molar-refractivity contribution >= 4 is 33.6 Å². The second-order valence-electron chi connectivity index (χ2n) is 3.59. The van der Waals surface area contributed by atoms with Gasteiger partial charge < -0.3 is 15.2 Å². The molecule has 2 aromatic rings. The normalized spacial score (nSPS) is 12.9. The Bertz CT molecular complexity index is 589. The van der Waals surface area contributed by atoms with Gasteiger partial charge in [-0.1, -0.05) is 27.7 Å². The Morgan fingerprint density at radius 2 is 2.17 bits per heavy atom. The van der Waals surface area contributed by atoms with Crippen molar-refractivity contribution in [1.29, 1.82) is 0 Å². The second-order valence-corrected chi connectivity index (χ2v) is 5.39. The van der Waals surface area contributed by atoms with E-state index in [4.69, 9.17) is 15.2 Å². The Hall–Kier alpha value is -1.41. The molecule has 0 saturated heterocycles. The van der Waals surface area contributed by atoms with E-state index in [0.717, 1.165) is 21.5 Å². The van der Waals surface area contributed by atoms with E-state index in [1.54, 1.807) is 0 Å². The van der Waals surface area contributed by atoms with E-state index in [2.05, 4.69) is 31.1 Å². The van der Waals surface area contributed by atoms with Crippen LogP contribution in [0.5, 0.6) is 11.5 Å². The number of fused-ring (bicyclic) bond motifs is 1. The molecular weight excluding hydrogens is 320 g/mol. The maximum Gasteiger partial charge on any atom is 0.231 e. The summed E-state index contributed by atoms with van der Waals surface area (Å²) >= 11 is 5.00. The molecule has 1 aromatic carbocycles. The van der Waals surface area contributed by atoms with Crippen LogP contribution in [-0.4, -0.2) is 22.0 Å². The number of benzene rings is 1. The van der Waals surface area contributed by atoms with Gasteiger partial charge in [-0.2, -0.15) is 4.98 Å². The van der Waals surface area contributed by atoms with Crippen LogP contribution in [0.3, 0.4) is 0 Å². The van der Waals surface area contributed by atoms with Crippen molar-refractivity contribution in [2.24, 2.45) is 0 Å². The third-order valence-corrected chi connectivity index (χ3v) is 4.01. The van der Waals surface area contributed by atoms with Gasteiger partial charge in [0, 0.05) is 10.2 Å². The lowest BCUT2D eigenvalue weighted by Gasteiger charge is -2.04. The summed E-state index contributed by atoms with van der Waals surface area (Å²) in [6.07, 6.45) is 0. The molecule has 0 unspecified atom stereocenters. The number of H-pyrrole nitrogens is 1. The number of nitrogens with zero attached hydrogens (tertiary/aromatic N) is 2. The Morgan fingerprint density at radius 3 is 2.89 bits per heavy atom. The first kappa shape index (κ1) is 11.7. The van der Waals surface area contributed by atoms with Gasteiger partial charge in [0.2, 0.25) is 17.9 Å². The fraction of sp³-hybridized carbons (Fsp3) is 0.200. The highest BCUT2D eigenvalue weighted by Gasteiger charge is 2.16. The summed E-state index contributed by atoms with van der Waals surface area (Å²) in [6, 6.07) is 3.86. The predicted molar refractivity (Wildman–Crippen MR) is 70.6 cm³/mol. The number of thioether (sulfide) groups is 1. The van der Waals surface area contributed by atoms with E-state index >= 15 is 0 Å². The number of ether oxygens (including phenoxy) is 2. The van der Waals surface area contributed by atoms with Gasteiger partial charge in [-0.05, 0) is 17.7 Å². The number of nitrogens with two attached hydrogens (primary N) is 1. The van der Waals surface area contributed by atoms with E-state index < -0.39 is 0 Å². The molecule has 18 heavy (non-hydrogen) atoms. The smallest absolute Gasteiger partial charge is 0.231 e. The highest BCUT2D eigenvalue weighted by Crippen LogP contribution is 2.38. The number of nitrogen functional groups attached to an aromatic ring is 1. The summed E-state index contributed by atoms with van der Waals surface area (Å²) in [5.41, 5.74) is 6.55. The molecule has 0 aliphatic carbocycles. The van der Waals surface area contributed by atoms with Crippen LogP contribution in [0.25, 0.3) is 0 Å². The first-order chi connectivity index (χ1) is 8.72. The van der Waals surface area contributed by atoms with Crippen LogP contribution < -0.4 is 15.2 Å². The summed E-state index contributed by atoms with van der Waals surface area (Å²) in [5, 5.41) is 7.19. The minimum atomic E-state index is 0.274. The summed E-state index contributed by atoms with van der Waals surface area (Å²) in [4.78, 5) is 4.03. The number of hydrogen-bond donors (Lipinski definition) is 2. The Morgan fingerprint density at radius 1 is 1.39 bits per heavy atom. The lowest BCUT2D eigenvalue weighted by Crippen LogP contribution is -1.92. The van der Waals surface area contributed by atoms with Crippen LogP contribution in [0.2, 0.25) is 0 Å². The Labute approximate surface area is 115 Å². The number of halogens is 1. The average molecular weight is 329 g/mol. The number of hydrogen-bond acceptors (Lipinski definition) is 6. The summed E-state index contributed by atoms with van der Waals surface area (Å²) in [7, 11) is 0. The molecule has 0 amide bonds. The zero-order valence-corrected chi connectivity index (χ0v) is 11.5. The molecule has 8 heteroatoms. The topological polar surface area (TPSA) is 86.1 Å². The predicted octanol–water partition coefficient (Wildman–Crippen LogP) is 2.17. The van der Waals surface area contributed by atoms with E-state index in [1.165, 1.54) is 11.8 Å². The van der Waals surface area contributed by atoms with E-state index in [-0.39, 0.29) is 6.79 Å². The van der Waals surface area contributed by atoms with Gasteiger partial charge in [0.25, 0.3) is 0 Å². The lowest BCUT2D eigenvalue weighted by molar-refractivity contribution is 0.174. The first-order valence-corrected chi connectivity index (χ1v) is 6.89. The van der Waals surface area contributed by atoms with Crippen molar-refractivity contribution < 1.29 is 9.47 Å². The van der Waals surface area contributed by atoms with Crippen LogP contribution in [0.15, 0.2) is 21.8 Å². The fourth-order valence-electron chi connectivity index (χ4n) is 1.53. The summed E-state index contributed by atoms with van der Waals surface area (Å²) in [6.45, 7) is 0.274. The van der Waals surface area contributed by atoms with Crippen molar-refractivity contribution in [2.75, 3.05) is 12.5 Å². The zero-order valence-electron chi connectivity index (χ0n) is 9.14. The molecule has 1 aliphatic rings. The molecule has 94 valence electrons. The monoisotopic (exact) mass is 328 g/mol. The maximum absolute atomic E-state index is 5.46. The molecule has 6 nitrogen and oxygen atoms in total. The van der Waals surface area contributed by atoms with Gasteiger partial charge in [0.1, 0.15) is 0 Å². The summed E-state index contributed by atoms with van der Waals surface area (Å²) < 4.78 is 11.6. The molecule has 0 spiro atoms. The highest BCUT2D eigenvalue weighted by molar-refractivity contribution is 9.10. The second kappa shape index (κ2) is 4.69. The molecule has 3 rings (SSSR count). The van der Waals surface area contributed by atoms with Gasteiger partial charge >= 0.3 is 0 Å². The molecule has 0 bridgehead atoms. The van der Waals surface area contributed by atoms with E-state index in [0.29, 0.717) is 16.9 Å². The van der Waals surface area contributed by atoms with Gasteiger partial charge in [0.05, 0.1) is 0 Å². The highest BCUT2D eigenvalue weighted by atomic mass is 79.9. The van der Waals surface area contributed by atoms with Crippen molar-refractivity contribution in [3.8, 4) is 11.5 Å². The van der Waals surface area contributed by atoms with Gasteiger partial charge in [-0.25, -0.2) is 5.10 Å². The van der Waals surface area contributed by atoms with Crippen LogP contribution in [0, 0.1) is 0 Å². The number of rotatable bonds is 3. The fourth-order valence-corrected chi connectivity index (χ4v) is 2.98. The lowest BCUT2D eigenvalue weighted by atomic mass is 10.2. The van der Waals surface area contributed by atoms with Crippen molar-refractivity contribution in [3.05, 3.63) is 22.2 Å². The molecule has 1 aromatic heterocycles. The molecule has 1 aliphatic heterocycles. The Balaban J connectivity index is 1.76. The minimum absolute atomic E-state index is 0.274. The summed E-state index contributed by atoms with van der Waals surface area (Å²) in [5.74, 6) is 2.57. The van der Waals surface area contributed by atoms with Crippen LogP contribution >= 0.6 is 27.7 Å². The Kier molecular flexibility index (Phi) is 3.04. The van der Waals surface area contributed by atoms with Crippen LogP contribution in [-0.2, 0) is 5.75 Å². The molecular formula is C10H9BrN4O2S. The number of nitrogens with one attached hydrogen (secondary N) is 1. The first-order valence-electron chi connectivity index (χ1n) is 5.11. The average Bonchev–Trinajstić information content (AvgIpc) is 2.94. The standard InChI is InChI=1S/C10H9BrN4O2S/c11-6-2-8-7(16-4-17-8)1-5(6)3-18-10-13-9(12)14-15-10/h1-2H,3-4H2,(H3,12,13,14,15). The maximum atomic E-state index is 5.46. The van der Waals surface area contributed by atoms with E-state index in [1.807, 2.05) is 12.1 Å². The molecule has 0 fully saturated rings. The van der Waals surface area contributed by atoms with Gasteiger partial charge in [-0.3, -0.25) is 0 Å². The van der Waals surface area contributed by atoms with Gasteiger partial charge in [0.15, 0.2) is 11.5 Å². The zero-order chi connectivity index (χ0) is 12.5. The van der Waals surface area contributed by atoms with Gasteiger partial charge in [-0.15, -0.1) is 5.10 Å². The molecule has 0 atom stereocenters.